The Hall–Kier alpha value is -3.21. The number of amides is 1. The Morgan fingerprint density at radius 1 is 1.27 bits per heavy atom. The van der Waals surface area contributed by atoms with E-state index < -0.39 is 4.92 Å². The Balaban J connectivity index is 1.71. The number of nitrogens with zero attached hydrogens (tertiary/aromatic N) is 5. The molecule has 0 aliphatic rings. The molecular weight excluding hydrogens is 406 g/mol. The molecule has 0 aliphatic heterocycles. The van der Waals surface area contributed by atoms with Crippen molar-refractivity contribution in [3.05, 3.63) is 46.1 Å². The topological polar surface area (TPSA) is 128 Å². The molecular formula is C19H23N7O3S. The number of benzene rings is 1. The number of hydrogen-bond donors (Lipinski definition) is 2. The molecule has 3 aromatic rings. The van der Waals surface area contributed by atoms with Crippen LogP contribution >= 0.6 is 11.8 Å². The number of nitro groups is 1. The molecule has 3 rings (SSSR count). The largest absolute Gasteiger partial charge is 0.367 e. The minimum absolute atomic E-state index is 0.0548. The molecule has 0 saturated carbocycles. The minimum atomic E-state index is -0.500. The average Bonchev–Trinajstić information content (AvgIpc) is 3.11. The molecule has 1 amide bonds. The first-order valence-corrected chi connectivity index (χ1v) is 10.5. The van der Waals surface area contributed by atoms with Gasteiger partial charge in [0.1, 0.15) is 5.82 Å². The normalized spacial score (nSPS) is 11.1. The summed E-state index contributed by atoms with van der Waals surface area (Å²) in [6.45, 7) is 6.88. The Morgan fingerprint density at radius 2 is 2.00 bits per heavy atom. The van der Waals surface area contributed by atoms with E-state index in [0.717, 1.165) is 17.0 Å². The highest BCUT2D eigenvalue weighted by molar-refractivity contribution is 7.99. The molecule has 158 valence electrons. The molecule has 30 heavy (non-hydrogen) atoms. The molecule has 11 heteroatoms. The number of rotatable bonds is 9. The highest BCUT2D eigenvalue weighted by Crippen LogP contribution is 2.24. The van der Waals surface area contributed by atoms with Crippen LogP contribution in [0, 0.1) is 10.1 Å². The molecule has 0 atom stereocenters. The van der Waals surface area contributed by atoms with Crippen molar-refractivity contribution in [2.75, 3.05) is 17.6 Å². The van der Waals surface area contributed by atoms with Crippen LogP contribution in [0.5, 0.6) is 0 Å². The molecule has 1 aromatic carbocycles. The van der Waals surface area contributed by atoms with Crippen LogP contribution in [0.1, 0.15) is 31.1 Å². The Bertz CT molecular complexity index is 1050. The SMILES string of the molecule is CCSc1nc(NC(C)C)c2cnn(CCNC(=O)c3ccc([N+](=O)[O-])cc3)c2n1. The molecule has 0 unspecified atom stereocenters. The first-order chi connectivity index (χ1) is 14.4. The second-order valence-corrected chi connectivity index (χ2v) is 7.98. The number of anilines is 1. The molecule has 0 aliphatic carbocycles. The van der Waals surface area contributed by atoms with Crippen LogP contribution in [0.2, 0.25) is 0 Å². The highest BCUT2D eigenvalue weighted by Gasteiger charge is 2.14. The van der Waals surface area contributed by atoms with Crippen molar-refractivity contribution in [2.45, 2.75) is 38.5 Å². The summed E-state index contributed by atoms with van der Waals surface area (Å²) in [7, 11) is 0. The molecule has 0 bridgehead atoms. The third-order valence-corrected chi connectivity index (χ3v) is 4.85. The number of carbonyl (C=O) groups excluding carboxylic acids is 1. The molecule has 0 saturated heterocycles. The van der Waals surface area contributed by atoms with Crippen molar-refractivity contribution in [2.24, 2.45) is 0 Å². The predicted octanol–water partition coefficient (Wildman–Crippen LogP) is 3.10. The van der Waals surface area contributed by atoms with Crippen LogP contribution in [0.4, 0.5) is 11.5 Å². The van der Waals surface area contributed by atoms with E-state index >= 15 is 0 Å². The van der Waals surface area contributed by atoms with Crippen molar-refractivity contribution in [3.63, 3.8) is 0 Å². The summed E-state index contributed by atoms with van der Waals surface area (Å²) in [5.41, 5.74) is 1.01. The fourth-order valence-electron chi connectivity index (χ4n) is 2.79. The zero-order chi connectivity index (χ0) is 21.7. The van der Waals surface area contributed by atoms with Crippen molar-refractivity contribution in [3.8, 4) is 0 Å². The molecule has 0 fully saturated rings. The van der Waals surface area contributed by atoms with Crippen LogP contribution in [0.3, 0.4) is 0 Å². The maximum atomic E-state index is 12.3. The molecule has 2 aromatic heterocycles. The van der Waals surface area contributed by atoms with Gasteiger partial charge in [-0.1, -0.05) is 18.7 Å². The third kappa shape index (κ3) is 5.03. The Kier molecular flexibility index (Phi) is 6.83. The predicted molar refractivity (Wildman–Crippen MR) is 116 cm³/mol. The van der Waals surface area contributed by atoms with Gasteiger partial charge in [0.05, 0.1) is 23.1 Å². The van der Waals surface area contributed by atoms with E-state index in [0.29, 0.717) is 29.5 Å². The van der Waals surface area contributed by atoms with Gasteiger partial charge >= 0.3 is 0 Å². The van der Waals surface area contributed by atoms with Crippen LogP contribution in [-0.2, 0) is 6.54 Å². The van der Waals surface area contributed by atoms with Gasteiger partial charge in [-0.15, -0.1) is 0 Å². The average molecular weight is 430 g/mol. The van der Waals surface area contributed by atoms with Gasteiger partial charge < -0.3 is 10.6 Å². The van der Waals surface area contributed by atoms with Gasteiger partial charge in [-0.3, -0.25) is 14.9 Å². The number of nitrogens with one attached hydrogen (secondary N) is 2. The van der Waals surface area contributed by atoms with Crippen LogP contribution in [-0.4, -0.2) is 48.9 Å². The summed E-state index contributed by atoms with van der Waals surface area (Å²) in [6.07, 6.45) is 1.72. The minimum Gasteiger partial charge on any atom is -0.367 e. The van der Waals surface area contributed by atoms with E-state index in [-0.39, 0.29) is 17.6 Å². The Labute approximate surface area is 177 Å². The summed E-state index contributed by atoms with van der Waals surface area (Å²) in [4.78, 5) is 31.7. The monoisotopic (exact) mass is 429 g/mol. The molecule has 2 N–H and O–H groups in total. The Morgan fingerprint density at radius 3 is 2.63 bits per heavy atom. The van der Waals surface area contributed by atoms with E-state index in [1.54, 1.807) is 22.6 Å². The summed E-state index contributed by atoms with van der Waals surface area (Å²) in [5.74, 6) is 1.29. The number of non-ortho nitro benzene ring substituents is 1. The van der Waals surface area contributed by atoms with Gasteiger partial charge in [-0.05, 0) is 31.7 Å². The van der Waals surface area contributed by atoms with Crippen LogP contribution in [0.25, 0.3) is 11.0 Å². The number of fused-ring (bicyclic) bond motifs is 1. The fourth-order valence-corrected chi connectivity index (χ4v) is 3.35. The summed E-state index contributed by atoms with van der Waals surface area (Å²) in [5, 5.41) is 22.8. The second kappa shape index (κ2) is 9.53. The van der Waals surface area contributed by atoms with Gasteiger partial charge in [-0.2, -0.15) is 5.10 Å². The first-order valence-electron chi connectivity index (χ1n) is 9.54. The third-order valence-electron chi connectivity index (χ3n) is 4.12. The van der Waals surface area contributed by atoms with Gasteiger partial charge in [0, 0.05) is 30.3 Å². The van der Waals surface area contributed by atoms with Crippen LogP contribution in [0.15, 0.2) is 35.6 Å². The molecule has 0 spiro atoms. The standard InChI is InChI=1S/C19H23N7O3S/c1-4-30-19-23-16(22-12(2)3)15-11-21-25(17(15)24-19)10-9-20-18(27)13-5-7-14(8-6-13)26(28)29/h5-8,11-12H,4,9-10H2,1-3H3,(H,20,27)(H,22,23,24). The lowest BCUT2D eigenvalue weighted by Gasteiger charge is -2.11. The molecule has 10 nitrogen and oxygen atoms in total. The highest BCUT2D eigenvalue weighted by atomic mass is 32.2. The summed E-state index contributed by atoms with van der Waals surface area (Å²) in [6, 6.07) is 5.70. The van der Waals surface area contributed by atoms with Crippen molar-refractivity contribution in [1.82, 2.24) is 25.1 Å². The smallest absolute Gasteiger partial charge is 0.269 e. The van der Waals surface area contributed by atoms with E-state index in [1.165, 1.54) is 24.3 Å². The lowest BCUT2D eigenvalue weighted by atomic mass is 10.2. The maximum Gasteiger partial charge on any atom is 0.269 e. The van der Waals surface area contributed by atoms with Gasteiger partial charge in [0.15, 0.2) is 10.8 Å². The zero-order valence-corrected chi connectivity index (χ0v) is 17.8. The lowest BCUT2D eigenvalue weighted by molar-refractivity contribution is -0.384. The maximum absolute atomic E-state index is 12.3. The van der Waals surface area contributed by atoms with Crippen molar-refractivity contribution >= 4 is 40.2 Å². The van der Waals surface area contributed by atoms with Crippen molar-refractivity contribution in [1.29, 1.82) is 0 Å². The quantitative estimate of drug-likeness (QED) is 0.230. The zero-order valence-electron chi connectivity index (χ0n) is 17.0. The first kappa shape index (κ1) is 21.5. The number of aromatic nitrogens is 4. The fraction of sp³-hybridized carbons (Fsp3) is 0.368. The lowest BCUT2D eigenvalue weighted by Crippen LogP contribution is -2.27. The number of thioether (sulfide) groups is 1. The molecule has 0 radical (unpaired) electrons. The van der Waals surface area contributed by atoms with Gasteiger partial charge in [-0.25, -0.2) is 14.6 Å². The van der Waals surface area contributed by atoms with E-state index in [9.17, 15) is 14.9 Å². The number of nitro benzene ring substituents is 1. The molecule has 2 heterocycles. The second-order valence-electron chi connectivity index (χ2n) is 6.75. The number of carbonyl (C=O) groups is 1. The number of hydrogen-bond acceptors (Lipinski definition) is 8. The van der Waals surface area contributed by atoms with Gasteiger partial charge in [0.2, 0.25) is 0 Å². The van der Waals surface area contributed by atoms with E-state index in [1.807, 2.05) is 20.8 Å². The van der Waals surface area contributed by atoms with Gasteiger partial charge in [0.25, 0.3) is 11.6 Å². The summed E-state index contributed by atoms with van der Waals surface area (Å²) >= 11 is 1.55. The summed E-state index contributed by atoms with van der Waals surface area (Å²) < 4.78 is 1.73. The van der Waals surface area contributed by atoms with Crippen molar-refractivity contribution < 1.29 is 9.72 Å². The van der Waals surface area contributed by atoms with E-state index in [4.69, 9.17) is 0 Å². The van der Waals surface area contributed by atoms with Crippen LogP contribution < -0.4 is 10.6 Å². The van der Waals surface area contributed by atoms with E-state index in [2.05, 4.69) is 25.7 Å².